The molecular formula is C14H27NO4. The molecule has 1 atom stereocenters. The first-order valence-electron chi connectivity index (χ1n) is 7.06. The van der Waals surface area contributed by atoms with E-state index in [1.807, 2.05) is 20.8 Å². The summed E-state index contributed by atoms with van der Waals surface area (Å²) in [4.78, 5) is 25.2. The average Bonchev–Trinajstić information content (AvgIpc) is 2.33. The number of rotatable bonds is 8. The number of carbonyl (C=O) groups is 2. The maximum absolute atomic E-state index is 12.1. The minimum atomic E-state index is -1.17. The molecule has 19 heavy (non-hydrogen) atoms. The van der Waals surface area contributed by atoms with Crippen LogP contribution in [-0.2, 0) is 9.53 Å². The molecule has 5 heteroatoms. The molecule has 0 aliphatic heterocycles. The Morgan fingerprint density at radius 1 is 1.26 bits per heavy atom. The summed E-state index contributed by atoms with van der Waals surface area (Å²) < 4.78 is 5.03. The van der Waals surface area contributed by atoms with Crippen LogP contribution >= 0.6 is 0 Å². The van der Waals surface area contributed by atoms with E-state index >= 15 is 0 Å². The molecule has 1 unspecified atom stereocenters. The summed E-state index contributed by atoms with van der Waals surface area (Å²) in [6, 6.07) is -0.216. The lowest BCUT2D eigenvalue weighted by atomic mass is 9.87. The van der Waals surface area contributed by atoms with Crippen molar-refractivity contribution >= 4 is 12.1 Å². The molecule has 0 aliphatic rings. The minimum absolute atomic E-state index is 0.216. The summed E-state index contributed by atoms with van der Waals surface area (Å²) in [7, 11) is 0. The molecule has 0 heterocycles. The Morgan fingerprint density at radius 3 is 2.16 bits per heavy atom. The molecule has 0 aliphatic carbocycles. The van der Waals surface area contributed by atoms with Crippen LogP contribution in [0.25, 0.3) is 0 Å². The van der Waals surface area contributed by atoms with Crippen LogP contribution in [-0.4, -0.2) is 40.3 Å². The summed E-state index contributed by atoms with van der Waals surface area (Å²) in [5, 5.41) is 9.64. The molecule has 1 amide bonds. The molecule has 0 aromatic rings. The van der Waals surface area contributed by atoms with E-state index in [1.165, 1.54) is 4.90 Å². The van der Waals surface area contributed by atoms with E-state index in [9.17, 15) is 14.7 Å². The van der Waals surface area contributed by atoms with Crippen molar-refractivity contribution in [2.24, 2.45) is 0 Å². The third-order valence-corrected chi connectivity index (χ3v) is 3.37. The first-order valence-corrected chi connectivity index (χ1v) is 7.06. The van der Waals surface area contributed by atoms with Crippen LogP contribution in [0.15, 0.2) is 0 Å². The lowest BCUT2D eigenvalue weighted by Gasteiger charge is -2.42. The predicted octanol–water partition coefficient (Wildman–Crippen LogP) is 3.28. The number of unbranched alkanes of at least 4 members (excludes halogenated alkanes) is 1. The summed E-state index contributed by atoms with van der Waals surface area (Å²) >= 11 is 0. The zero-order chi connectivity index (χ0) is 15.1. The maximum Gasteiger partial charge on any atom is 0.410 e. The Bertz CT molecular complexity index is 304. The average molecular weight is 273 g/mol. The quantitative estimate of drug-likeness (QED) is 0.737. The topological polar surface area (TPSA) is 66.8 Å². The number of amides is 1. The number of carboxylic acid groups (broad SMARTS) is 1. The molecule has 0 saturated carbocycles. The van der Waals surface area contributed by atoms with E-state index in [0.717, 1.165) is 12.8 Å². The number of nitrogens with zero attached hydrogens (tertiary/aromatic N) is 1. The highest BCUT2D eigenvalue weighted by molar-refractivity contribution is 5.84. The van der Waals surface area contributed by atoms with Crippen molar-refractivity contribution in [2.45, 2.75) is 71.9 Å². The van der Waals surface area contributed by atoms with E-state index in [4.69, 9.17) is 4.74 Å². The zero-order valence-electron chi connectivity index (χ0n) is 12.7. The van der Waals surface area contributed by atoms with Gasteiger partial charge in [0, 0.05) is 6.04 Å². The van der Waals surface area contributed by atoms with Gasteiger partial charge >= 0.3 is 12.1 Å². The number of hydrogen-bond acceptors (Lipinski definition) is 3. The van der Waals surface area contributed by atoms with E-state index in [2.05, 4.69) is 0 Å². The molecule has 1 N–H and O–H groups in total. The molecule has 0 aromatic carbocycles. The predicted molar refractivity (Wildman–Crippen MR) is 74.2 cm³/mol. The number of aliphatic carboxylic acids is 1. The minimum Gasteiger partial charge on any atom is -0.479 e. The number of carboxylic acids is 1. The van der Waals surface area contributed by atoms with E-state index in [0.29, 0.717) is 12.8 Å². The van der Waals surface area contributed by atoms with Gasteiger partial charge in [-0.05, 0) is 33.6 Å². The highest BCUT2D eigenvalue weighted by atomic mass is 16.6. The van der Waals surface area contributed by atoms with Crippen LogP contribution < -0.4 is 0 Å². The van der Waals surface area contributed by atoms with Crippen molar-refractivity contribution in [1.82, 2.24) is 4.90 Å². The van der Waals surface area contributed by atoms with Gasteiger partial charge in [-0.2, -0.15) is 0 Å². The van der Waals surface area contributed by atoms with Gasteiger partial charge in [-0.1, -0.05) is 26.7 Å². The van der Waals surface area contributed by atoms with Crippen LogP contribution in [0.4, 0.5) is 4.79 Å². The standard InChI is InChI=1S/C14H27NO4/c1-6-9-10-14(7-2,12(16)17)15(11(4)5)13(18)19-8-3/h11H,6-10H2,1-5H3,(H,16,17). The first-order chi connectivity index (χ1) is 8.87. The fourth-order valence-corrected chi connectivity index (χ4v) is 2.37. The summed E-state index contributed by atoms with van der Waals surface area (Å²) in [5.74, 6) is -0.954. The molecule has 0 aromatic heterocycles. The third-order valence-electron chi connectivity index (χ3n) is 3.37. The highest BCUT2D eigenvalue weighted by Gasteiger charge is 2.46. The second-order valence-corrected chi connectivity index (χ2v) is 4.96. The monoisotopic (exact) mass is 273 g/mol. The fraction of sp³-hybridized carbons (Fsp3) is 0.857. The van der Waals surface area contributed by atoms with Crippen LogP contribution in [0.5, 0.6) is 0 Å². The van der Waals surface area contributed by atoms with Crippen molar-refractivity contribution in [3.05, 3.63) is 0 Å². The lowest BCUT2D eigenvalue weighted by Crippen LogP contribution is -2.59. The highest BCUT2D eigenvalue weighted by Crippen LogP contribution is 2.30. The molecule has 0 bridgehead atoms. The maximum atomic E-state index is 12.1. The smallest absolute Gasteiger partial charge is 0.410 e. The third kappa shape index (κ3) is 4.11. The van der Waals surface area contributed by atoms with E-state index < -0.39 is 17.6 Å². The van der Waals surface area contributed by atoms with Crippen molar-refractivity contribution in [1.29, 1.82) is 0 Å². The van der Waals surface area contributed by atoms with Gasteiger partial charge in [-0.3, -0.25) is 4.90 Å². The number of carbonyl (C=O) groups excluding carboxylic acids is 1. The Hall–Kier alpha value is -1.26. The van der Waals surface area contributed by atoms with Gasteiger partial charge < -0.3 is 9.84 Å². The van der Waals surface area contributed by atoms with Gasteiger partial charge in [0.15, 0.2) is 0 Å². The molecule has 0 rings (SSSR count). The van der Waals surface area contributed by atoms with Crippen molar-refractivity contribution in [3.63, 3.8) is 0 Å². The molecule has 0 fully saturated rings. The molecular weight excluding hydrogens is 246 g/mol. The van der Waals surface area contributed by atoms with Gasteiger partial charge in [0.25, 0.3) is 0 Å². The molecule has 0 saturated heterocycles. The molecule has 112 valence electrons. The fourth-order valence-electron chi connectivity index (χ4n) is 2.37. The number of ether oxygens (including phenoxy) is 1. The van der Waals surface area contributed by atoms with E-state index in [1.54, 1.807) is 13.8 Å². The largest absolute Gasteiger partial charge is 0.479 e. The molecule has 0 spiro atoms. The van der Waals surface area contributed by atoms with Crippen molar-refractivity contribution < 1.29 is 19.4 Å². The Balaban J connectivity index is 5.46. The van der Waals surface area contributed by atoms with Crippen LogP contribution in [0, 0.1) is 0 Å². The summed E-state index contributed by atoms with van der Waals surface area (Å²) in [6.07, 6.45) is 1.94. The van der Waals surface area contributed by atoms with Crippen LogP contribution in [0.2, 0.25) is 0 Å². The second-order valence-electron chi connectivity index (χ2n) is 4.96. The first kappa shape index (κ1) is 17.7. The normalized spacial score (nSPS) is 14.0. The number of hydrogen-bond donors (Lipinski definition) is 1. The van der Waals surface area contributed by atoms with Gasteiger partial charge in [-0.15, -0.1) is 0 Å². The van der Waals surface area contributed by atoms with E-state index in [-0.39, 0.29) is 12.6 Å². The van der Waals surface area contributed by atoms with Crippen molar-refractivity contribution in [2.75, 3.05) is 6.61 Å². The zero-order valence-corrected chi connectivity index (χ0v) is 12.7. The van der Waals surface area contributed by atoms with Gasteiger partial charge in [0.05, 0.1) is 6.61 Å². The second kappa shape index (κ2) is 8.02. The van der Waals surface area contributed by atoms with Gasteiger partial charge in [0.2, 0.25) is 0 Å². The van der Waals surface area contributed by atoms with Gasteiger partial charge in [0.1, 0.15) is 5.54 Å². The van der Waals surface area contributed by atoms with Gasteiger partial charge in [-0.25, -0.2) is 9.59 Å². The Morgan fingerprint density at radius 2 is 1.84 bits per heavy atom. The lowest BCUT2D eigenvalue weighted by molar-refractivity contribution is -0.153. The molecule has 0 radical (unpaired) electrons. The molecule has 5 nitrogen and oxygen atoms in total. The summed E-state index contributed by atoms with van der Waals surface area (Å²) in [5.41, 5.74) is -1.17. The van der Waals surface area contributed by atoms with Crippen molar-refractivity contribution in [3.8, 4) is 0 Å². The summed E-state index contributed by atoms with van der Waals surface area (Å²) in [6.45, 7) is 9.41. The Kier molecular flexibility index (Phi) is 7.49. The SMILES string of the molecule is CCCCC(CC)(C(=O)O)N(C(=O)OCC)C(C)C. The van der Waals surface area contributed by atoms with Crippen LogP contribution in [0.3, 0.4) is 0 Å². The Labute approximate surface area is 115 Å². The van der Waals surface area contributed by atoms with Crippen LogP contribution in [0.1, 0.15) is 60.3 Å².